The van der Waals surface area contributed by atoms with E-state index in [2.05, 4.69) is 35.0 Å². The Morgan fingerprint density at radius 3 is 2.28 bits per heavy atom. The largest absolute Gasteiger partial charge is 0.481 e. The molecular formula is C16H26N5O13P2+. The van der Waals surface area contributed by atoms with Gasteiger partial charge in [-0.25, -0.2) is 19.1 Å². The number of hydrogen-bond donors (Lipinski definition) is 7. The first-order valence-corrected chi connectivity index (χ1v) is 13.1. The number of phosphoric ester groups is 2. The van der Waals surface area contributed by atoms with E-state index in [1.54, 1.807) is 0 Å². The van der Waals surface area contributed by atoms with Crippen LogP contribution in [0.15, 0.2) is 11.3 Å². The second kappa shape index (κ2) is 11.3. The van der Waals surface area contributed by atoms with Gasteiger partial charge >= 0.3 is 15.6 Å². The summed E-state index contributed by atoms with van der Waals surface area (Å²) in [5, 5.41) is 39.7. The van der Waals surface area contributed by atoms with Crippen molar-refractivity contribution >= 4 is 39.7 Å². The summed E-state index contributed by atoms with van der Waals surface area (Å²) in [4.78, 5) is 32.3. The van der Waals surface area contributed by atoms with Crippen LogP contribution < -0.4 is 10.6 Å². The summed E-state index contributed by atoms with van der Waals surface area (Å²) in [7, 11) is -9.05. The number of nitrogen functional groups attached to an aromatic ring is 1. The SMILES string of the molecule is C=Nc1c(N)ncnc1N(C)C1OC(COP(=O)(O)OP(=O)(O)OC[C@H]2O[CH+][C@H](O)[C@@H]2O)C(O)C1O. The zero-order chi connectivity index (χ0) is 26.8. The molecule has 2 aliphatic heterocycles. The van der Waals surface area contributed by atoms with Gasteiger partial charge in [0.05, 0.1) is 13.2 Å². The zero-order valence-electron chi connectivity index (χ0n) is 18.6. The van der Waals surface area contributed by atoms with Gasteiger partial charge in [0.2, 0.25) is 0 Å². The number of aromatic nitrogens is 2. The molecule has 0 radical (unpaired) electrons. The molecule has 0 amide bonds. The van der Waals surface area contributed by atoms with Crippen LogP contribution >= 0.6 is 15.6 Å². The quantitative estimate of drug-likeness (QED) is 0.0863. The highest BCUT2D eigenvalue weighted by Gasteiger charge is 2.48. The Morgan fingerprint density at radius 2 is 1.72 bits per heavy atom. The van der Waals surface area contributed by atoms with E-state index in [4.69, 9.17) is 15.2 Å². The molecule has 20 heteroatoms. The number of nitrogens with two attached hydrogens (primary N) is 1. The summed E-state index contributed by atoms with van der Waals surface area (Å²) in [6.45, 7) is 2.61. The zero-order valence-corrected chi connectivity index (χ0v) is 20.4. The van der Waals surface area contributed by atoms with Crippen LogP contribution in [0.4, 0.5) is 17.3 Å². The van der Waals surface area contributed by atoms with Crippen molar-refractivity contribution in [1.82, 2.24) is 9.97 Å². The third-order valence-electron chi connectivity index (χ3n) is 5.18. The van der Waals surface area contributed by atoms with E-state index >= 15 is 0 Å². The molecule has 18 nitrogen and oxygen atoms in total. The van der Waals surface area contributed by atoms with E-state index in [1.807, 2.05) is 0 Å². The molecule has 0 bridgehead atoms. The maximum absolute atomic E-state index is 12.2. The molecular weight excluding hydrogens is 532 g/mol. The third kappa shape index (κ3) is 6.56. The Kier molecular flexibility index (Phi) is 9.06. The Bertz CT molecular complexity index is 1040. The number of nitrogens with zero attached hydrogens (tertiary/aromatic N) is 4. The molecule has 2 saturated heterocycles. The molecule has 1 aromatic heterocycles. The second-order valence-corrected chi connectivity index (χ2v) is 10.7. The van der Waals surface area contributed by atoms with Crippen LogP contribution in [-0.4, -0.2) is 110 Å². The van der Waals surface area contributed by atoms with Gasteiger partial charge in [-0.15, -0.1) is 0 Å². The van der Waals surface area contributed by atoms with Crippen LogP contribution in [0.25, 0.3) is 0 Å². The maximum atomic E-state index is 12.2. The molecule has 1 aromatic rings. The van der Waals surface area contributed by atoms with Gasteiger partial charge in [-0.2, -0.15) is 9.05 Å². The first-order valence-electron chi connectivity index (χ1n) is 10.1. The molecule has 2 fully saturated rings. The fourth-order valence-electron chi connectivity index (χ4n) is 3.31. The minimum atomic E-state index is -5.27. The van der Waals surface area contributed by atoms with Crippen molar-refractivity contribution in [2.75, 3.05) is 30.9 Å². The van der Waals surface area contributed by atoms with E-state index in [0.717, 1.165) is 12.9 Å². The number of phosphoric acid groups is 2. The first-order chi connectivity index (χ1) is 16.8. The smallest absolute Gasteiger partial charge is 0.387 e. The molecule has 0 saturated carbocycles. The van der Waals surface area contributed by atoms with E-state index in [-0.39, 0.29) is 17.3 Å². The molecule has 9 atom stereocenters. The fourth-order valence-corrected chi connectivity index (χ4v) is 5.40. The lowest BCUT2D eigenvalue weighted by atomic mass is 10.1. The minimum absolute atomic E-state index is 0.00731. The summed E-state index contributed by atoms with van der Waals surface area (Å²) in [5.74, 6) is 0.0958. The highest BCUT2D eigenvalue weighted by atomic mass is 31.3. The molecule has 8 N–H and O–H groups in total. The maximum Gasteiger partial charge on any atom is 0.481 e. The van der Waals surface area contributed by atoms with Gasteiger partial charge in [0, 0.05) is 7.05 Å². The van der Waals surface area contributed by atoms with Crippen LogP contribution in [0.1, 0.15) is 0 Å². The highest BCUT2D eigenvalue weighted by molar-refractivity contribution is 7.61. The van der Waals surface area contributed by atoms with Crippen LogP contribution in [0.3, 0.4) is 0 Å². The number of ether oxygens (including phenoxy) is 2. The van der Waals surface area contributed by atoms with Crippen molar-refractivity contribution in [3.8, 4) is 0 Å². The lowest BCUT2D eigenvalue weighted by Crippen LogP contribution is -2.42. The predicted molar refractivity (Wildman–Crippen MR) is 119 cm³/mol. The molecule has 202 valence electrons. The molecule has 6 unspecified atom stereocenters. The number of aliphatic hydroxyl groups excluding tert-OH is 4. The van der Waals surface area contributed by atoms with E-state index in [0.29, 0.717) is 0 Å². The van der Waals surface area contributed by atoms with Crippen LogP contribution in [0.5, 0.6) is 0 Å². The second-order valence-electron chi connectivity index (χ2n) is 7.65. The summed E-state index contributed by atoms with van der Waals surface area (Å²) in [5.41, 5.74) is 5.81. The van der Waals surface area contributed by atoms with Gasteiger partial charge in [-0.3, -0.25) is 14.0 Å². The molecule has 2 aliphatic rings. The number of likely N-dealkylation sites (N-methyl/N-ethyl adjacent to an activating group) is 1. The van der Waals surface area contributed by atoms with Crippen LogP contribution in [-0.2, 0) is 32.0 Å². The average molecular weight is 558 g/mol. The number of rotatable bonds is 11. The van der Waals surface area contributed by atoms with Gasteiger partial charge in [-0.1, -0.05) is 0 Å². The predicted octanol–water partition coefficient (Wildman–Crippen LogP) is -2.19. The Labute approximate surface area is 204 Å². The number of aliphatic imine (C=N–C) groups is 1. The van der Waals surface area contributed by atoms with Crippen LogP contribution in [0.2, 0.25) is 0 Å². The summed E-state index contributed by atoms with van der Waals surface area (Å²) in [6.07, 6.45) is -8.75. The Hall–Kier alpha value is -1.76. The van der Waals surface area contributed by atoms with Crippen molar-refractivity contribution in [1.29, 1.82) is 0 Å². The lowest BCUT2D eigenvalue weighted by Gasteiger charge is -2.28. The number of aliphatic hydroxyl groups is 4. The van der Waals surface area contributed by atoms with Crippen molar-refractivity contribution < 1.29 is 62.2 Å². The molecule has 3 heterocycles. The molecule has 0 aliphatic carbocycles. The Balaban J connectivity index is 1.57. The van der Waals surface area contributed by atoms with Gasteiger partial charge in [-0.05, 0) is 6.72 Å². The Morgan fingerprint density at radius 1 is 1.11 bits per heavy atom. The summed E-state index contributed by atoms with van der Waals surface area (Å²) >= 11 is 0. The summed E-state index contributed by atoms with van der Waals surface area (Å²) < 4.78 is 47.8. The third-order valence-corrected chi connectivity index (χ3v) is 7.78. The monoisotopic (exact) mass is 558 g/mol. The van der Waals surface area contributed by atoms with Crippen molar-refractivity contribution in [3.05, 3.63) is 12.9 Å². The standard InChI is InChI=1S/C16H25N5O13P2/c1-18-10-14(17)19-6-20-15(10)21(2)16-13(25)12(24)9(33-16)5-32-36(28,29)34-35(26,27)31-4-8-11(23)7(22)3-30-8/h3,6-9,11-13,16,22-25H,1,4-5H2,2H3,(H3-,17,19,20,26,27,28,29)/p+1/t7-,8+,9?,11-,12?,13?,16?/m0/s1. The van der Waals surface area contributed by atoms with Gasteiger partial charge < -0.3 is 45.6 Å². The van der Waals surface area contributed by atoms with Gasteiger partial charge in [0.25, 0.3) is 12.7 Å². The van der Waals surface area contributed by atoms with E-state index < -0.39 is 71.7 Å². The highest BCUT2D eigenvalue weighted by Crippen LogP contribution is 2.60. The molecule has 3 rings (SSSR count). The minimum Gasteiger partial charge on any atom is -0.387 e. The van der Waals surface area contributed by atoms with E-state index in [1.165, 1.54) is 11.9 Å². The number of anilines is 2. The first kappa shape index (κ1) is 28.8. The summed E-state index contributed by atoms with van der Waals surface area (Å²) in [6, 6.07) is 0. The molecule has 36 heavy (non-hydrogen) atoms. The molecule has 0 aromatic carbocycles. The van der Waals surface area contributed by atoms with Gasteiger partial charge in [0.15, 0.2) is 30.1 Å². The van der Waals surface area contributed by atoms with Crippen molar-refractivity contribution in [2.24, 2.45) is 4.99 Å². The average Bonchev–Trinajstić information content (AvgIpc) is 3.28. The van der Waals surface area contributed by atoms with Gasteiger partial charge in [0.1, 0.15) is 30.3 Å². The molecule has 0 spiro atoms. The van der Waals surface area contributed by atoms with E-state index in [9.17, 15) is 39.3 Å². The number of hydrogen-bond acceptors (Lipinski definition) is 16. The topological polar surface area (TPSA) is 269 Å². The van der Waals surface area contributed by atoms with Crippen molar-refractivity contribution in [2.45, 2.75) is 42.9 Å². The normalized spacial score (nSPS) is 33.5. The van der Waals surface area contributed by atoms with Crippen molar-refractivity contribution in [3.63, 3.8) is 0 Å². The van der Waals surface area contributed by atoms with Crippen LogP contribution in [0, 0.1) is 6.61 Å². The lowest BCUT2D eigenvalue weighted by molar-refractivity contribution is -0.0221. The fraction of sp³-hybridized carbons (Fsp3) is 0.625.